The summed E-state index contributed by atoms with van der Waals surface area (Å²) in [5, 5.41) is 2.62. The summed E-state index contributed by atoms with van der Waals surface area (Å²) in [6.45, 7) is 4.18. The molecule has 0 spiro atoms. The molecule has 0 N–H and O–H groups in total. The van der Waals surface area contributed by atoms with Gasteiger partial charge in [0, 0.05) is 0 Å². The normalized spacial score (nSPS) is 11.8. The zero-order valence-corrected chi connectivity index (χ0v) is 12.8. The number of aromatic nitrogens is 1. The quantitative estimate of drug-likeness (QED) is 0.672. The van der Waals surface area contributed by atoms with Crippen LogP contribution >= 0.6 is 7.26 Å². The molecule has 0 unspecified atom stereocenters. The van der Waals surface area contributed by atoms with E-state index in [2.05, 4.69) is 90.2 Å². The molecule has 0 fully saturated rings. The van der Waals surface area contributed by atoms with Gasteiger partial charge in [-0.25, -0.2) is 0 Å². The van der Waals surface area contributed by atoms with Crippen molar-refractivity contribution in [2.75, 3.05) is 0 Å². The number of pyridine rings is 1. The van der Waals surface area contributed by atoms with Crippen molar-refractivity contribution in [1.29, 1.82) is 0 Å². The van der Waals surface area contributed by atoms with E-state index in [4.69, 9.17) is 0 Å². The van der Waals surface area contributed by atoms with Crippen LogP contribution in [0, 0.1) is 0 Å². The fourth-order valence-corrected chi connectivity index (χ4v) is 6.48. The summed E-state index contributed by atoms with van der Waals surface area (Å²) in [6.07, 6.45) is 1.87. The Balaban J connectivity index is 2.31. The summed E-state index contributed by atoms with van der Waals surface area (Å²) >= 11 is 0. The third kappa shape index (κ3) is 2.41. The first kappa shape index (κ1) is 13.7. The van der Waals surface area contributed by atoms with Gasteiger partial charge in [-0.05, 0) is 0 Å². The van der Waals surface area contributed by atoms with E-state index in [1.54, 1.807) is 0 Å². The second kappa shape index (κ2) is 6.03. The number of hydrogen-bond acceptors (Lipinski definition) is 1. The molecule has 2 aromatic carbocycles. The minimum atomic E-state index is -2.25. The molecule has 21 heavy (non-hydrogen) atoms. The van der Waals surface area contributed by atoms with Gasteiger partial charge in [-0.15, -0.1) is 0 Å². The first-order chi connectivity index (χ1) is 10.4. The van der Waals surface area contributed by atoms with Crippen molar-refractivity contribution in [3.05, 3.63) is 97.5 Å². The predicted octanol–water partition coefficient (Wildman–Crippen LogP) is 3.25. The van der Waals surface area contributed by atoms with Crippen LogP contribution in [-0.4, -0.2) is 4.98 Å². The van der Waals surface area contributed by atoms with Crippen molar-refractivity contribution in [1.82, 2.24) is 4.98 Å². The van der Waals surface area contributed by atoms with Gasteiger partial charge in [-0.1, -0.05) is 0 Å². The first-order valence-corrected chi connectivity index (χ1v) is 9.12. The molecule has 0 saturated heterocycles. The van der Waals surface area contributed by atoms with Gasteiger partial charge in [0.05, 0.1) is 0 Å². The Hall–Kier alpha value is -2.24. The molecule has 0 aliphatic rings. The van der Waals surface area contributed by atoms with Gasteiger partial charge in [-0.3, -0.25) is 0 Å². The Morgan fingerprint density at radius 1 is 0.714 bits per heavy atom. The molecule has 3 aromatic rings. The maximum absolute atomic E-state index is 4.67. The maximum atomic E-state index is 4.67. The number of nitrogens with zero attached hydrogens (tertiary/aromatic N) is 1. The molecule has 1 aromatic heterocycles. The molecule has 2 heteroatoms. The van der Waals surface area contributed by atoms with E-state index in [9.17, 15) is 0 Å². The molecule has 0 atom stereocenters. The summed E-state index contributed by atoms with van der Waals surface area (Å²) in [5.41, 5.74) is 1.12. The van der Waals surface area contributed by atoms with Crippen LogP contribution in [0.15, 0.2) is 97.5 Å². The molecule has 1 heterocycles. The third-order valence-corrected chi connectivity index (χ3v) is 8.04. The summed E-state index contributed by atoms with van der Waals surface area (Å²) in [6, 6.07) is 27.4. The Morgan fingerprint density at radius 3 is 1.67 bits per heavy atom. The van der Waals surface area contributed by atoms with Crippen LogP contribution in [0.4, 0.5) is 0 Å². The number of rotatable bonds is 4. The van der Waals surface area contributed by atoms with Crippen molar-refractivity contribution in [3.8, 4) is 0 Å². The Bertz CT molecular complexity index is 612. The molecule has 1 nitrogen and oxygen atoms in total. The molecule has 0 amide bonds. The Labute approximate surface area is 126 Å². The number of benzene rings is 2. The Kier molecular flexibility index (Phi) is 3.94. The molecule has 0 aliphatic heterocycles. The molecule has 0 bridgehead atoms. The van der Waals surface area contributed by atoms with Gasteiger partial charge in [0.2, 0.25) is 0 Å². The molecule has 0 aliphatic carbocycles. The average Bonchev–Trinajstić information content (AvgIpc) is 2.59. The topological polar surface area (TPSA) is 12.9 Å². The van der Waals surface area contributed by atoms with Crippen LogP contribution in [-0.2, 0) is 0 Å². The molecule has 104 valence electrons. The summed E-state index contributed by atoms with van der Waals surface area (Å²) in [5.74, 6) is 2.12. The van der Waals surface area contributed by atoms with Crippen LogP contribution < -0.4 is 16.0 Å². The van der Waals surface area contributed by atoms with Crippen molar-refractivity contribution < 1.29 is 0 Å². The first-order valence-electron chi connectivity index (χ1n) is 7.04. The molecular weight excluding hydrogens is 273 g/mol. The molecule has 3 rings (SSSR count). The van der Waals surface area contributed by atoms with Gasteiger partial charge in [0.15, 0.2) is 0 Å². The van der Waals surface area contributed by atoms with E-state index >= 15 is 0 Å². The van der Waals surface area contributed by atoms with Gasteiger partial charge in [0.25, 0.3) is 0 Å². The second-order valence-electron chi connectivity index (χ2n) is 4.96. The Morgan fingerprint density at radius 2 is 1.24 bits per heavy atom. The van der Waals surface area contributed by atoms with Crippen LogP contribution in [0.5, 0.6) is 0 Å². The van der Waals surface area contributed by atoms with E-state index in [1.165, 1.54) is 10.6 Å². The minimum absolute atomic E-state index is 1.12. The second-order valence-corrected chi connectivity index (χ2v) is 8.65. The predicted molar refractivity (Wildman–Crippen MR) is 94.5 cm³/mol. The zero-order chi connectivity index (χ0) is 14.5. The van der Waals surface area contributed by atoms with Gasteiger partial charge >= 0.3 is 126 Å². The summed E-state index contributed by atoms with van der Waals surface area (Å²) < 4.78 is 0. The van der Waals surface area contributed by atoms with Gasteiger partial charge in [-0.2, -0.15) is 0 Å². The van der Waals surface area contributed by atoms with Crippen molar-refractivity contribution in [2.24, 2.45) is 0 Å². The summed E-state index contributed by atoms with van der Waals surface area (Å²) in [7, 11) is -2.25. The van der Waals surface area contributed by atoms with Gasteiger partial charge < -0.3 is 0 Å². The van der Waals surface area contributed by atoms with Crippen LogP contribution in [0.2, 0.25) is 0 Å². The van der Waals surface area contributed by atoms with E-state index < -0.39 is 7.26 Å². The molecular formula is C19H18NP. The van der Waals surface area contributed by atoms with Crippen LogP contribution in [0.25, 0.3) is 0 Å². The van der Waals surface area contributed by atoms with Crippen molar-refractivity contribution in [2.45, 2.75) is 0 Å². The van der Waals surface area contributed by atoms with Gasteiger partial charge in [0.1, 0.15) is 0 Å². The fourth-order valence-electron chi connectivity index (χ4n) is 2.80. The fraction of sp³-hybridized carbons (Fsp3) is 0. The third-order valence-electron chi connectivity index (χ3n) is 3.83. The monoisotopic (exact) mass is 291 g/mol. The standard InChI is InChI=1S/C19H18NP/c1-2-21(17-11-5-3-6-12-17,18-13-7-4-8-14-18)19-15-9-10-16-20-19/h2-16,21H,1H2. The molecule has 0 radical (unpaired) electrons. The average molecular weight is 291 g/mol. The van der Waals surface area contributed by atoms with Crippen molar-refractivity contribution >= 4 is 23.3 Å². The van der Waals surface area contributed by atoms with Crippen LogP contribution in [0.3, 0.4) is 0 Å². The van der Waals surface area contributed by atoms with E-state index in [0.717, 1.165) is 5.44 Å². The SMILES string of the molecule is C=C[PH](c1ccccc1)(c1ccccc1)c1ccccn1. The zero-order valence-electron chi connectivity index (χ0n) is 11.8. The summed E-state index contributed by atoms with van der Waals surface area (Å²) in [4.78, 5) is 4.67. The number of hydrogen-bond donors (Lipinski definition) is 0. The van der Waals surface area contributed by atoms with E-state index in [1.807, 2.05) is 12.3 Å². The van der Waals surface area contributed by atoms with Crippen LogP contribution in [0.1, 0.15) is 0 Å². The van der Waals surface area contributed by atoms with E-state index in [0.29, 0.717) is 0 Å². The van der Waals surface area contributed by atoms with Crippen molar-refractivity contribution in [3.63, 3.8) is 0 Å². The van der Waals surface area contributed by atoms with E-state index in [-0.39, 0.29) is 0 Å². The molecule has 0 saturated carbocycles.